The minimum absolute atomic E-state index is 0.118. The van der Waals surface area contributed by atoms with E-state index in [-0.39, 0.29) is 12.0 Å². The lowest BCUT2D eigenvalue weighted by Gasteiger charge is -2.20. The van der Waals surface area contributed by atoms with Gasteiger partial charge < -0.3 is 19.9 Å². The molecule has 0 unspecified atom stereocenters. The number of rotatable bonds is 4. The molecule has 1 aliphatic heterocycles. The van der Waals surface area contributed by atoms with Gasteiger partial charge in [-0.1, -0.05) is 0 Å². The normalized spacial score (nSPS) is 19.8. The molecule has 1 saturated carbocycles. The Morgan fingerprint density at radius 3 is 2.65 bits per heavy atom. The molecule has 2 aliphatic rings. The summed E-state index contributed by atoms with van der Waals surface area (Å²) >= 11 is 0. The standard InChI is InChI=1S/C13H17NO3/c15-9-13(3-4-13)8-14-10-1-2-11-12(7-10)17-6-5-16-11/h1-2,7,14-15H,3-6,8-9H2. The molecular formula is C13H17NO3. The zero-order chi connectivity index (χ0) is 11.7. The molecule has 92 valence electrons. The zero-order valence-corrected chi connectivity index (χ0v) is 9.74. The van der Waals surface area contributed by atoms with Crippen LogP contribution in [0.4, 0.5) is 5.69 Å². The summed E-state index contributed by atoms with van der Waals surface area (Å²) in [5.74, 6) is 1.61. The Hall–Kier alpha value is -1.42. The van der Waals surface area contributed by atoms with Crippen molar-refractivity contribution in [1.29, 1.82) is 0 Å². The molecule has 2 N–H and O–H groups in total. The van der Waals surface area contributed by atoms with Gasteiger partial charge in [0, 0.05) is 23.7 Å². The Kier molecular flexibility index (Phi) is 2.59. The van der Waals surface area contributed by atoms with E-state index in [0.29, 0.717) is 13.2 Å². The fourth-order valence-electron chi connectivity index (χ4n) is 2.01. The third-order valence-electron chi connectivity index (χ3n) is 3.50. The number of hydrogen-bond acceptors (Lipinski definition) is 4. The van der Waals surface area contributed by atoms with Gasteiger partial charge in [-0.3, -0.25) is 0 Å². The van der Waals surface area contributed by atoms with Crippen LogP contribution < -0.4 is 14.8 Å². The Morgan fingerprint density at radius 2 is 1.94 bits per heavy atom. The van der Waals surface area contributed by atoms with E-state index in [1.807, 2.05) is 18.2 Å². The van der Waals surface area contributed by atoms with E-state index in [0.717, 1.165) is 36.6 Å². The molecule has 4 heteroatoms. The topological polar surface area (TPSA) is 50.7 Å². The summed E-state index contributed by atoms with van der Waals surface area (Å²) in [7, 11) is 0. The smallest absolute Gasteiger partial charge is 0.163 e. The van der Waals surface area contributed by atoms with Crippen LogP contribution >= 0.6 is 0 Å². The SMILES string of the molecule is OCC1(CNc2ccc3c(c2)OCCO3)CC1. The first-order valence-corrected chi connectivity index (χ1v) is 6.06. The molecule has 1 aliphatic carbocycles. The minimum atomic E-state index is 0.118. The maximum atomic E-state index is 9.24. The first-order valence-electron chi connectivity index (χ1n) is 6.06. The summed E-state index contributed by atoms with van der Waals surface area (Å²) in [5, 5.41) is 12.6. The third kappa shape index (κ3) is 2.17. The summed E-state index contributed by atoms with van der Waals surface area (Å²) in [6.45, 7) is 2.32. The first kappa shape index (κ1) is 10.7. The van der Waals surface area contributed by atoms with Gasteiger partial charge in [0.2, 0.25) is 0 Å². The maximum Gasteiger partial charge on any atom is 0.163 e. The highest BCUT2D eigenvalue weighted by Gasteiger charge is 2.41. The predicted octanol–water partition coefficient (Wildman–Crippen LogP) is 1.64. The van der Waals surface area contributed by atoms with Crippen molar-refractivity contribution in [2.45, 2.75) is 12.8 Å². The summed E-state index contributed by atoms with van der Waals surface area (Å²) in [5.41, 5.74) is 1.14. The van der Waals surface area contributed by atoms with E-state index >= 15 is 0 Å². The fourth-order valence-corrected chi connectivity index (χ4v) is 2.01. The Morgan fingerprint density at radius 1 is 1.18 bits per heavy atom. The second-order valence-corrected chi connectivity index (χ2v) is 4.87. The van der Waals surface area contributed by atoms with Crippen molar-refractivity contribution in [3.8, 4) is 11.5 Å². The average Bonchev–Trinajstić information content (AvgIpc) is 3.17. The molecule has 1 aromatic carbocycles. The molecule has 3 rings (SSSR count). The minimum Gasteiger partial charge on any atom is -0.486 e. The lowest BCUT2D eigenvalue weighted by Crippen LogP contribution is -2.19. The van der Waals surface area contributed by atoms with E-state index in [2.05, 4.69) is 5.32 Å². The van der Waals surface area contributed by atoms with Crippen LogP contribution in [-0.2, 0) is 0 Å². The molecule has 0 radical (unpaired) electrons. The predicted molar refractivity (Wildman–Crippen MR) is 64.7 cm³/mol. The Labute approximate surface area is 101 Å². The number of aliphatic hydroxyl groups excluding tert-OH is 1. The van der Waals surface area contributed by atoms with Gasteiger partial charge >= 0.3 is 0 Å². The summed E-state index contributed by atoms with van der Waals surface area (Å²) in [4.78, 5) is 0. The highest BCUT2D eigenvalue weighted by Crippen LogP contribution is 2.45. The Bertz CT molecular complexity index is 415. The second kappa shape index (κ2) is 4.11. The van der Waals surface area contributed by atoms with Gasteiger partial charge in [-0.25, -0.2) is 0 Å². The highest BCUT2D eigenvalue weighted by atomic mass is 16.6. The molecule has 17 heavy (non-hydrogen) atoms. The monoisotopic (exact) mass is 235 g/mol. The van der Waals surface area contributed by atoms with Crippen molar-refractivity contribution in [1.82, 2.24) is 0 Å². The third-order valence-corrected chi connectivity index (χ3v) is 3.50. The molecule has 4 nitrogen and oxygen atoms in total. The van der Waals surface area contributed by atoms with Crippen LogP contribution in [0.1, 0.15) is 12.8 Å². The number of nitrogens with one attached hydrogen (secondary N) is 1. The Balaban J connectivity index is 1.67. The fraction of sp³-hybridized carbons (Fsp3) is 0.538. The molecule has 1 fully saturated rings. The van der Waals surface area contributed by atoms with Crippen LogP contribution in [0.3, 0.4) is 0 Å². The molecule has 0 amide bonds. The average molecular weight is 235 g/mol. The number of fused-ring (bicyclic) bond motifs is 1. The first-order chi connectivity index (χ1) is 8.31. The zero-order valence-electron chi connectivity index (χ0n) is 9.74. The van der Waals surface area contributed by atoms with E-state index in [1.165, 1.54) is 0 Å². The quantitative estimate of drug-likeness (QED) is 0.833. The van der Waals surface area contributed by atoms with Gasteiger partial charge in [-0.15, -0.1) is 0 Å². The van der Waals surface area contributed by atoms with Crippen LogP contribution in [0.25, 0.3) is 0 Å². The molecule has 0 saturated heterocycles. The molecule has 0 aromatic heterocycles. The summed E-state index contributed by atoms with van der Waals surface area (Å²) in [6, 6.07) is 5.87. The van der Waals surface area contributed by atoms with Crippen LogP contribution in [0, 0.1) is 5.41 Å². The van der Waals surface area contributed by atoms with Gasteiger partial charge in [-0.05, 0) is 25.0 Å². The number of anilines is 1. The van der Waals surface area contributed by atoms with Crippen molar-refractivity contribution in [3.05, 3.63) is 18.2 Å². The van der Waals surface area contributed by atoms with E-state index < -0.39 is 0 Å². The molecular weight excluding hydrogens is 218 g/mol. The van der Waals surface area contributed by atoms with Crippen LogP contribution in [0.15, 0.2) is 18.2 Å². The van der Waals surface area contributed by atoms with Gasteiger partial charge in [0.1, 0.15) is 13.2 Å². The molecule has 0 bridgehead atoms. The van der Waals surface area contributed by atoms with Gasteiger partial charge in [0.15, 0.2) is 11.5 Å². The maximum absolute atomic E-state index is 9.24. The van der Waals surface area contributed by atoms with Gasteiger partial charge in [0.25, 0.3) is 0 Å². The van der Waals surface area contributed by atoms with Crippen LogP contribution in [0.5, 0.6) is 11.5 Å². The molecule has 0 atom stereocenters. The lowest BCUT2D eigenvalue weighted by atomic mass is 10.1. The van der Waals surface area contributed by atoms with E-state index in [4.69, 9.17) is 9.47 Å². The van der Waals surface area contributed by atoms with Gasteiger partial charge in [0.05, 0.1) is 6.61 Å². The van der Waals surface area contributed by atoms with Crippen LogP contribution in [0.2, 0.25) is 0 Å². The molecule has 1 heterocycles. The van der Waals surface area contributed by atoms with E-state index in [9.17, 15) is 5.11 Å². The number of hydrogen-bond donors (Lipinski definition) is 2. The number of benzene rings is 1. The van der Waals surface area contributed by atoms with Crippen molar-refractivity contribution in [2.75, 3.05) is 31.7 Å². The van der Waals surface area contributed by atoms with Crippen molar-refractivity contribution in [3.63, 3.8) is 0 Å². The lowest BCUT2D eigenvalue weighted by molar-refractivity contribution is 0.171. The van der Waals surface area contributed by atoms with Crippen molar-refractivity contribution < 1.29 is 14.6 Å². The molecule has 0 spiro atoms. The number of ether oxygens (including phenoxy) is 2. The van der Waals surface area contributed by atoms with Crippen molar-refractivity contribution >= 4 is 5.69 Å². The van der Waals surface area contributed by atoms with Crippen LogP contribution in [-0.4, -0.2) is 31.5 Å². The van der Waals surface area contributed by atoms with Gasteiger partial charge in [-0.2, -0.15) is 0 Å². The molecule has 1 aromatic rings. The highest BCUT2D eigenvalue weighted by molar-refractivity contribution is 5.55. The second-order valence-electron chi connectivity index (χ2n) is 4.87. The summed E-state index contributed by atoms with van der Waals surface area (Å²) < 4.78 is 11.0. The van der Waals surface area contributed by atoms with Crippen molar-refractivity contribution in [2.24, 2.45) is 5.41 Å². The number of aliphatic hydroxyl groups is 1. The van der Waals surface area contributed by atoms with E-state index in [1.54, 1.807) is 0 Å². The summed E-state index contributed by atoms with van der Waals surface area (Å²) in [6.07, 6.45) is 2.22. The largest absolute Gasteiger partial charge is 0.486 e.